The summed E-state index contributed by atoms with van der Waals surface area (Å²) in [5.41, 5.74) is 0.472. The molecule has 0 unspecified atom stereocenters. The Morgan fingerprint density at radius 3 is 2.57 bits per heavy atom. The number of oxazole rings is 1. The monoisotopic (exact) mass is 355 g/mol. The number of methoxy groups -OCH3 is 1. The van der Waals surface area contributed by atoms with Crippen LogP contribution in [0.1, 0.15) is 19.0 Å². The van der Waals surface area contributed by atoms with Gasteiger partial charge in [-0.25, -0.2) is 4.98 Å². The van der Waals surface area contributed by atoms with Crippen LogP contribution in [0, 0.1) is 5.41 Å². The van der Waals surface area contributed by atoms with E-state index in [1.54, 1.807) is 14.0 Å². The summed E-state index contributed by atoms with van der Waals surface area (Å²) >= 11 is 11.9. The molecule has 2 aromatic rings. The summed E-state index contributed by atoms with van der Waals surface area (Å²) in [6, 6.07) is 7.30. The standard InChI is InChI=1S/C16H15Cl2NO4/c1-15(9-16(15,17)18)14(20)23-8-11-7-22-13(19-11)10-3-5-12(21-2)6-4-10/h3-7H,8-9H2,1-2H3/t15-/m1/s1. The number of benzene rings is 1. The minimum Gasteiger partial charge on any atom is -0.497 e. The van der Waals surface area contributed by atoms with Crippen molar-refractivity contribution in [3.8, 4) is 17.2 Å². The molecule has 1 aromatic heterocycles. The van der Waals surface area contributed by atoms with E-state index in [-0.39, 0.29) is 6.61 Å². The molecule has 1 aliphatic carbocycles. The van der Waals surface area contributed by atoms with Crippen molar-refractivity contribution in [2.24, 2.45) is 5.41 Å². The lowest BCUT2D eigenvalue weighted by molar-refractivity contribution is -0.151. The molecule has 3 rings (SSSR count). The Morgan fingerprint density at radius 1 is 1.35 bits per heavy atom. The number of carbonyl (C=O) groups excluding carboxylic acids is 1. The average Bonchev–Trinajstić information content (AvgIpc) is 2.91. The zero-order chi connectivity index (χ0) is 16.7. The van der Waals surface area contributed by atoms with Gasteiger partial charge in [0.15, 0.2) is 0 Å². The molecule has 1 fully saturated rings. The highest BCUT2D eigenvalue weighted by Crippen LogP contribution is 2.64. The van der Waals surface area contributed by atoms with Gasteiger partial charge < -0.3 is 13.9 Å². The highest BCUT2D eigenvalue weighted by atomic mass is 35.5. The van der Waals surface area contributed by atoms with Gasteiger partial charge in [0.25, 0.3) is 0 Å². The molecule has 7 heteroatoms. The predicted octanol–water partition coefficient (Wildman–Crippen LogP) is 3.98. The van der Waals surface area contributed by atoms with Crippen LogP contribution in [-0.4, -0.2) is 22.4 Å². The topological polar surface area (TPSA) is 61.6 Å². The van der Waals surface area contributed by atoms with Gasteiger partial charge in [-0.15, -0.1) is 23.2 Å². The van der Waals surface area contributed by atoms with Crippen LogP contribution in [0.3, 0.4) is 0 Å². The van der Waals surface area contributed by atoms with Crippen molar-refractivity contribution in [1.82, 2.24) is 4.98 Å². The lowest BCUT2D eigenvalue weighted by atomic mass is 10.1. The van der Waals surface area contributed by atoms with Crippen LogP contribution in [0.4, 0.5) is 0 Å². The van der Waals surface area contributed by atoms with Crippen molar-refractivity contribution in [1.29, 1.82) is 0 Å². The molecule has 0 radical (unpaired) electrons. The van der Waals surface area contributed by atoms with Crippen molar-refractivity contribution in [2.75, 3.05) is 7.11 Å². The molecule has 0 amide bonds. The number of hydrogen-bond donors (Lipinski definition) is 0. The molecule has 1 saturated carbocycles. The van der Waals surface area contributed by atoms with Gasteiger partial charge in [-0.05, 0) is 31.2 Å². The number of aromatic nitrogens is 1. The number of esters is 1. The van der Waals surface area contributed by atoms with Crippen LogP contribution in [0.2, 0.25) is 0 Å². The molecule has 0 N–H and O–H groups in total. The van der Waals surface area contributed by atoms with Crippen LogP contribution in [0.25, 0.3) is 11.5 Å². The van der Waals surface area contributed by atoms with Crippen LogP contribution >= 0.6 is 23.2 Å². The number of halogens is 2. The average molecular weight is 356 g/mol. The van der Waals surface area contributed by atoms with E-state index in [0.29, 0.717) is 18.0 Å². The first-order chi connectivity index (χ1) is 10.9. The molecule has 0 bridgehead atoms. The van der Waals surface area contributed by atoms with E-state index in [2.05, 4.69) is 4.98 Å². The fourth-order valence-corrected chi connectivity index (χ4v) is 2.85. The largest absolute Gasteiger partial charge is 0.497 e. The zero-order valence-corrected chi connectivity index (χ0v) is 14.1. The summed E-state index contributed by atoms with van der Waals surface area (Å²) in [5, 5.41) is 0. The van der Waals surface area contributed by atoms with E-state index >= 15 is 0 Å². The molecule has 1 heterocycles. The van der Waals surface area contributed by atoms with Gasteiger partial charge in [-0.3, -0.25) is 4.79 Å². The molecule has 1 aromatic carbocycles. The molecular weight excluding hydrogens is 341 g/mol. The third kappa shape index (κ3) is 3.03. The van der Waals surface area contributed by atoms with E-state index in [9.17, 15) is 4.79 Å². The third-order valence-electron chi connectivity index (χ3n) is 3.95. The molecule has 122 valence electrons. The Morgan fingerprint density at radius 2 is 2.00 bits per heavy atom. The SMILES string of the molecule is COc1ccc(-c2nc(COC(=O)[C@@]3(C)CC3(Cl)Cl)co2)cc1. The van der Waals surface area contributed by atoms with Crippen molar-refractivity contribution < 1.29 is 18.7 Å². The first-order valence-electron chi connectivity index (χ1n) is 7.00. The van der Waals surface area contributed by atoms with Gasteiger partial charge in [0.1, 0.15) is 34.1 Å². The lowest BCUT2D eigenvalue weighted by Gasteiger charge is -2.10. The summed E-state index contributed by atoms with van der Waals surface area (Å²) in [6.07, 6.45) is 1.84. The molecule has 0 spiro atoms. The highest BCUT2D eigenvalue weighted by Gasteiger charge is 2.69. The minimum absolute atomic E-state index is 0.0118. The number of nitrogens with zero attached hydrogens (tertiary/aromatic N) is 1. The lowest BCUT2D eigenvalue weighted by Crippen LogP contribution is -2.21. The maximum absolute atomic E-state index is 12.0. The van der Waals surface area contributed by atoms with Crippen molar-refractivity contribution in [2.45, 2.75) is 24.3 Å². The van der Waals surface area contributed by atoms with Crippen molar-refractivity contribution in [3.63, 3.8) is 0 Å². The maximum Gasteiger partial charge on any atom is 0.315 e. The molecule has 23 heavy (non-hydrogen) atoms. The summed E-state index contributed by atoms with van der Waals surface area (Å²) < 4.78 is 14.7. The van der Waals surface area contributed by atoms with E-state index in [1.165, 1.54) is 6.26 Å². The Labute approximate surface area is 143 Å². The fourth-order valence-electron chi connectivity index (χ4n) is 2.16. The Balaban J connectivity index is 1.62. The van der Waals surface area contributed by atoms with Crippen LogP contribution in [0.5, 0.6) is 5.75 Å². The molecular formula is C16H15Cl2NO4. The number of ether oxygens (including phenoxy) is 2. The Kier molecular flexibility index (Phi) is 4.02. The minimum atomic E-state index is -1.04. The number of carbonyl (C=O) groups is 1. The highest BCUT2D eigenvalue weighted by molar-refractivity contribution is 6.53. The number of alkyl halides is 2. The zero-order valence-electron chi connectivity index (χ0n) is 12.6. The molecule has 0 saturated heterocycles. The van der Waals surface area contributed by atoms with Gasteiger partial charge >= 0.3 is 5.97 Å². The van der Waals surface area contributed by atoms with E-state index in [1.807, 2.05) is 24.3 Å². The second-order valence-corrected chi connectivity index (χ2v) is 7.15. The normalized spacial score (nSPS) is 21.7. The third-order valence-corrected chi connectivity index (χ3v) is 5.05. The van der Waals surface area contributed by atoms with Crippen molar-refractivity contribution >= 4 is 29.2 Å². The number of hydrogen-bond acceptors (Lipinski definition) is 5. The predicted molar refractivity (Wildman–Crippen MR) is 85.4 cm³/mol. The molecule has 0 aliphatic heterocycles. The van der Waals surface area contributed by atoms with E-state index in [4.69, 9.17) is 37.1 Å². The quantitative estimate of drug-likeness (QED) is 0.599. The Bertz CT molecular complexity index is 726. The molecule has 5 nitrogen and oxygen atoms in total. The fraction of sp³-hybridized carbons (Fsp3) is 0.375. The Hall–Kier alpha value is -1.72. The van der Waals surface area contributed by atoms with Crippen molar-refractivity contribution in [3.05, 3.63) is 36.2 Å². The van der Waals surface area contributed by atoms with Gasteiger partial charge in [-0.1, -0.05) is 0 Å². The van der Waals surface area contributed by atoms with Crippen LogP contribution in [-0.2, 0) is 16.1 Å². The second kappa shape index (κ2) is 5.73. The summed E-state index contributed by atoms with van der Waals surface area (Å²) in [7, 11) is 1.60. The van der Waals surface area contributed by atoms with Gasteiger partial charge in [0.05, 0.1) is 7.11 Å². The maximum atomic E-state index is 12.0. The van der Waals surface area contributed by atoms with Gasteiger partial charge in [0.2, 0.25) is 5.89 Å². The number of rotatable bonds is 5. The molecule has 1 aliphatic rings. The smallest absolute Gasteiger partial charge is 0.315 e. The van der Waals surface area contributed by atoms with Crippen LogP contribution in [0.15, 0.2) is 34.9 Å². The molecule has 1 atom stereocenters. The van der Waals surface area contributed by atoms with E-state index < -0.39 is 15.7 Å². The second-order valence-electron chi connectivity index (χ2n) is 5.66. The van der Waals surface area contributed by atoms with E-state index in [0.717, 1.165) is 11.3 Å². The summed E-state index contributed by atoms with van der Waals surface area (Å²) in [4.78, 5) is 16.3. The first kappa shape index (κ1) is 16.1. The first-order valence-corrected chi connectivity index (χ1v) is 7.75. The van der Waals surface area contributed by atoms with Gasteiger partial charge in [-0.2, -0.15) is 0 Å². The summed E-state index contributed by atoms with van der Waals surface area (Å²) in [6.45, 7) is 1.69. The van der Waals surface area contributed by atoms with Gasteiger partial charge in [0, 0.05) is 12.0 Å². The summed E-state index contributed by atoms with van der Waals surface area (Å²) in [5.74, 6) is 0.759. The van der Waals surface area contributed by atoms with Crippen LogP contribution < -0.4 is 4.74 Å².